The van der Waals surface area contributed by atoms with Crippen molar-refractivity contribution in [3.8, 4) is 0 Å². The average Bonchev–Trinajstić information content (AvgIpc) is 2.90. The van der Waals surface area contributed by atoms with Gasteiger partial charge in [-0.3, -0.25) is 4.99 Å². The van der Waals surface area contributed by atoms with Gasteiger partial charge in [0.15, 0.2) is 5.96 Å². The Morgan fingerprint density at radius 1 is 1.19 bits per heavy atom. The fraction of sp³-hybridized carbons (Fsp3) is 0.588. The number of rotatable bonds is 4. The molecule has 118 valence electrons. The lowest BCUT2D eigenvalue weighted by Crippen LogP contribution is -2.43. The first-order valence-corrected chi connectivity index (χ1v) is 7.68. The van der Waals surface area contributed by atoms with Crippen LogP contribution in [0.2, 0.25) is 0 Å². The highest BCUT2D eigenvalue weighted by atomic mass is 127. The van der Waals surface area contributed by atoms with E-state index in [4.69, 9.17) is 0 Å². The van der Waals surface area contributed by atoms with Crippen LogP contribution in [0.4, 0.5) is 0 Å². The molecule has 0 spiro atoms. The van der Waals surface area contributed by atoms with E-state index >= 15 is 0 Å². The maximum absolute atomic E-state index is 4.29. The number of halogens is 1. The molecule has 2 N–H and O–H groups in total. The Morgan fingerprint density at radius 2 is 1.90 bits per heavy atom. The van der Waals surface area contributed by atoms with Gasteiger partial charge in [-0.1, -0.05) is 32.0 Å². The summed E-state index contributed by atoms with van der Waals surface area (Å²) in [6.07, 6.45) is 3.79. The Kier molecular flexibility index (Phi) is 7.49. The molecule has 0 bridgehead atoms. The van der Waals surface area contributed by atoms with Crippen molar-refractivity contribution in [2.75, 3.05) is 7.05 Å². The van der Waals surface area contributed by atoms with Crippen LogP contribution in [0.25, 0.3) is 0 Å². The average molecular weight is 401 g/mol. The molecule has 0 saturated heterocycles. The van der Waals surface area contributed by atoms with Gasteiger partial charge in [0.2, 0.25) is 0 Å². The maximum atomic E-state index is 4.29. The largest absolute Gasteiger partial charge is 0.354 e. The molecule has 1 aromatic carbocycles. The highest BCUT2D eigenvalue weighted by Crippen LogP contribution is 2.22. The van der Waals surface area contributed by atoms with Crippen molar-refractivity contribution in [1.29, 1.82) is 0 Å². The number of aryl methyl sites for hydroxylation is 2. The molecular formula is C17H28IN3. The van der Waals surface area contributed by atoms with Crippen LogP contribution in [0, 0.1) is 5.92 Å². The summed E-state index contributed by atoms with van der Waals surface area (Å²) in [5.74, 6) is 1.47. The van der Waals surface area contributed by atoms with Crippen LogP contribution in [0.1, 0.15) is 43.9 Å². The zero-order valence-electron chi connectivity index (χ0n) is 13.6. The normalized spacial score (nSPS) is 15.4. The fourth-order valence-corrected chi connectivity index (χ4v) is 2.50. The minimum atomic E-state index is 0. The van der Waals surface area contributed by atoms with E-state index in [1.54, 1.807) is 0 Å². The predicted octanol–water partition coefficient (Wildman–Crippen LogP) is 3.50. The van der Waals surface area contributed by atoms with Gasteiger partial charge in [0, 0.05) is 19.6 Å². The third kappa shape index (κ3) is 5.16. The first kappa shape index (κ1) is 18.3. The van der Waals surface area contributed by atoms with Crippen LogP contribution in [-0.2, 0) is 19.4 Å². The van der Waals surface area contributed by atoms with Crippen LogP contribution < -0.4 is 10.6 Å². The highest BCUT2D eigenvalue weighted by molar-refractivity contribution is 14.0. The quantitative estimate of drug-likeness (QED) is 0.460. The van der Waals surface area contributed by atoms with Gasteiger partial charge in [0.05, 0.1) is 0 Å². The lowest BCUT2D eigenvalue weighted by Gasteiger charge is -2.20. The lowest BCUT2D eigenvalue weighted by molar-refractivity contribution is 0.481. The standard InChI is InChI=1S/C17H27N3.HI/c1-12(2)13(3)20-17(18-4)19-11-14-8-9-15-6-5-7-16(15)10-14;/h8-10,12-13H,5-7,11H2,1-4H3,(H2,18,19,20);1H. The van der Waals surface area contributed by atoms with Crippen LogP contribution in [0.3, 0.4) is 0 Å². The van der Waals surface area contributed by atoms with E-state index in [0.717, 1.165) is 12.5 Å². The summed E-state index contributed by atoms with van der Waals surface area (Å²) >= 11 is 0. The molecule has 4 heteroatoms. The zero-order chi connectivity index (χ0) is 14.5. The zero-order valence-corrected chi connectivity index (χ0v) is 15.9. The molecule has 1 unspecified atom stereocenters. The summed E-state index contributed by atoms with van der Waals surface area (Å²) in [7, 11) is 1.82. The lowest BCUT2D eigenvalue weighted by atomic mass is 10.1. The number of guanidine groups is 1. The molecule has 2 rings (SSSR count). The molecular weight excluding hydrogens is 373 g/mol. The smallest absolute Gasteiger partial charge is 0.191 e. The molecule has 0 radical (unpaired) electrons. The second-order valence-corrected chi connectivity index (χ2v) is 6.06. The highest BCUT2D eigenvalue weighted by Gasteiger charge is 2.11. The minimum absolute atomic E-state index is 0. The Bertz CT molecular complexity index is 483. The van der Waals surface area contributed by atoms with E-state index in [2.05, 4.69) is 54.6 Å². The van der Waals surface area contributed by atoms with Gasteiger partial charge in [-0.2, -0.15) is 0 Å². The molecule has 3 nitrogen and oxygen atoms in total. The summed E-state index contributed by atoms with van der Waals surface area (Å²) in [5.41, 5.74) is 4.40. The minimum Gasteiger partial charge on any atom is -0.354 e. The Labute approximate surface area is 146 Å². The molecule has 1 atom stereocenters. The number of benzene rings is 1. The van der Waals surface area contributed by atoms with Crippen molar-refractivity contribution in [2.45, 2.75) is 52.6 Å². The van der Waals surface area contributed by atoms with Gasteiger partial charge in [-0.05, 0) is 48.8 Å². The second kappa shape index (κ2) is 8.61. The summed E-state index contributed by atoms with van der Waals surface area (Å²) in [5, 5.41) is 6.83. The summed E-state index contributed by atoms with van der Waals surface area (Å²) < 4.78 is 0. The molecule has 0 saturated carbocycles. The van der Waals surface area contributed by atoms with Gasteiger partial charge in [0.25, 0.3) is 0 Å². The molecule has 1 aliphatic rings. The van der Waals surface area contributed by atoms with Crippen molar-refractivity contribution in [1.82, 2.24) is 10.6 Å². The Balaban J connectivity index is 0.00000220. The third-order valence-electron chi connectivity index (χ3n) is 4.21. The van der Waals surface area contributed by atoms with Gasteiger partial charge in [-0.15, -0.1) is 24.0 Å². The monoisotopic (exact) mass is 401 g/mol. The number of fused-ring (bicyclic) bond motifs is 1. The number of hydrogen-bond acceptors (Lipinski definition) is 1. The molecule has 0 heterocycles. The van der Waals surface area contributed by atoms with Crippen LogP contribution >= 0.6 is 24.0 Å². The van der Waals surface area contributed by atoms with Crippen LogP contribution in [0.15, 0.2) is 23.2 Å². The first-order valence-electron chi connectivity index (χ1n) is 7.68. The van der Waals surface area contributed by atoms with Crippen molar-refractivity contribution < 1.29 is 0 Å². The van der Waals surface area contributed by atoms with Gasteiger partial charge >= 0.3 is 0 Å². The molecule has 0 amide bonds. The van der Waals surface area contributed by atoms with E-state index < -0.39 is 0 Å². The van der Waals surface area contributed by atoms with E-state index in [-0.39, 0.29) is 24.0 Å². The van der Waals surface area contributed by atoms with E-state index in [1.807, 2.05) is 7.05 Å². The van der Waals surface area contributed by atoms with Gasteiger partial charge in [-0.25, -0.2) is 0 Å². The number of nitrogens with one attached hydrogen (secondary N) is 2. The van der Waals surface area contributed by atoms with Crippen LogP contribution in [0.5, 0.6) is 0 Å². The molecule has 0 aliphatic heterocycles. The van der Waals surface area contributed by atoms with Gasteiger partial charge < -0.3 is 10.6 Å². The van der Waals surface area contributed by atoms with Crippen molar-refractivity contribution in [2.24, 2.45) is 10.9 Å². The van der Waals surface area contributed by atoms with Crippen LogP contribution in [-0.4, -0.2) is 19.0 Å². The summed E-state index contributed by atoms with van der Waals surface area (Å²) in [4.78, 5) is 4.29. The van der Waals surface area contributed by atoms with Crippen molar-refractivity contribution >= 4 is 29.9 Å². The molecule has 1 aliphatic carbocycles. The molecule has 21 heavy (non-hydrogen) atoms. The predicted molar refractivity (Wildman–Crippen MR) is 102 cm³/mol. The molecule has 1 aromatic rings. The fourth-order valence-electron chi connectivity index (χ4n) is 2.50. The maximum Gasteiger partial charge on any atom is 0.191 e. The molecule has 0 fully saturated rings. The second-order valence-electron chi connectivity index (χ2n) is 6.06. The van der Waals surface area contributed by atoms with E-state index in [0.29, 0.717) is 12.0 Å². The van der Waals surface area contributed by atoms with Crippen molar-refractivity contribution in [3.63, 3.8) is 0 Å². The van der Waals surface area contributed by atoms with E-state index in [9.17, 15) is 0 Å². The molecule has 0 aromatic heterocycles. The summed E-state index contributed by atoms with van der Waals surface area (Å²) in [6, 6.07) is 7.28. The third-order valence-corrected chi connectivity index (χ3v) is 4.21. The summed E-state index contributed by atoms with van der Waals surface area (Å²) in [6.45, 7) is 7.45. The van der Waals surface area contributed by atoms with Gasteiger partial charge in [0.1, 0.15) is 0 Å². The van der Waals surface area contributed by atoms with Crippen molar-refractivity contribution in [3.05, 3.63) is 34.9 Å². The Morgan fingerprint density at radius 3 is 2.57 bits per heavy atom. The number of aliphatic imine (C=N–C) groups is 1. The topological polar surface area (TPSA) is 36.4 Å². The Hall–Kier alpha value is -0.780. The SMILES string of the molecule is CN=C(NCc1ccc2c(c1)CCC2)NC(C)C(C)C.I. The first-order chi connectivity index (χ1) is 9.60. The number of nitrogens with zero attached hydrogens (tertiary/aromatic N) is 1. The number of hydrogen-bond donors (Lipinski definition) is 2. The van der Waals surface area contributed by atoms with E-state index in [1.165, 1.54) is 36.0 Å².